The number of Topliss-reactive ketones (excluding diaryl/α,β-unsaturated/α-hetero) is 1. The number of likely N-dealkylation sites (tertiary alicyclic amines) is 1. The van der Waals surface area contributed by atoms with Crippen molar-refractivity contribution in [1.82, 2.24) is 9.80 Å². The number of ketones is 1. The Kier molecular flexibility index (Phi) is 7.38. The van der Waals surface area contributed by atoms with E-state index in [1.165, 1.54) is 21.9 Å². The van der Waals surface area contributed by atoms with Crippen LogP contribution in [0.4, 0.5) is 23.7 Å². The van der Waals surface area contributed by atoms with Gasteiger partial charge in [0.05, 0.1) is 28.9 Å². The molecule has 43 heavy (non-hydrogen) atoms. The van der Waals surface area contributed by atoms with Crippen molar-refractivity contribution in [3.63, 3.8) is 0 Å². The van der Waals surface area contributed by atoms with Gasteiger partial charge in [-0.3, -0.25) is 19.5 Å². The molecule has 6 rings (SSSR count). The van der Waals surface area contributed by atoms with Gasteiger partial charge < -0.3 is 9.80 Å². The summed E-state index contributed by atoms with van der Waals surface area (Å²) in [6, 6.07) is 11.3. The smallest absolute Gasteiger partial charge is 0.341 e. The van der Waals surface area contributed by atoms with Crippen LogP contribution in [0.15, 0.2) is 77.1 Å². The SMILES string of the molecule is N#Cc1ccc(C2C3=C(CCCC3=O)N(c3cccc(C(F)(F)F)c3)C(=O)N2CC(=O)N2CCC3C=NC=CC3C2)cc1. The summed E-state index contributed by atoms with van der Waals surface area (Å²) in [5, 5.41) is 9.32. The molecule has 3 aliphatic heterocycles. The topological polar surface area (TPSA) is 97.1 Å². The summed E-state index contributed by atoms with van der Waals surface area (Å²) in [6.45, 7) is 0.533. The molecule has 2 aromatic rings. The van der Waals surface area contributed by atoms with Gasteiger partial charge in [-0.25, -0.2) is 4.79 Å². The third-order valence-corrected chi connectivity index (χ3v) is 8.58. The summed E-state index contributed by atoms with van der Waals surface area (Å²) < 4.78 is 41.0. The van der Waals surface area contributed by atoms with Gasteiger partial charge in [0.1, 0.15) is 6.54 Å². The number of benzene rings is 2. The second kappa shape index (κ2) is 11.2. The highest BCUT2D eigenvalue weighted by Gasteiger charge is 2.46. The minimum atomic E-state index is -4.64. The number of alkyl halides is 3. The van der Waals surface area contributed by atoms with Gasteiger partial charge in [0.2, 0.25) is 5.91 Å². The molecule has 3 atom stereocenters. The summed E-state index contributed by atoms with van der Waals surface area (Å²) in [5.74, 6) is -0.235. The minimum Gasteiger partial charge on any atom is -0.341 e. The number of carbonyl (C=O) groups is 3. The van der Waals surface area contributed by atoms with E-state index in [1.807, 2.05) is 12.3 Å². The normalized spacial score (nSPS) is 23.7. The molecule has 1 fully saturated rings. The molecule has 11 heteroatoms. The first-order valence-corrected chi connectivity index (χ1v) is 14.2. The van der Waals surface area contributed by atoms with Crippen LogP contribution in [0.25, 0.3) is 0 Å². The number of anilines is 1. The maximum atomic E-state index is 14.4. The number of nitriles is 1. The number of hydrogen-bond acceptors (Lipinski definition) is 5. The van der Waals surface area contributed by atoms with E-state index in [-0.39, 0.29) is 47.8 Å². The highest BCUT2D eigenvalue weighted by Crippen LogP contribution is 2.45. The fourth-order valence-corrected chi connectivity index (χ4v) is 6.41. The van der Waals surface area contributed by atoms with Crippen molar-refractivity contribution in [2.45, 2.75) is 37.9 Å². The van der Waals surface area contributed by atoms with Gasteiger partial charge in [-0.05, 0) is 55.2 Å². The van der Waals surface area contributed by atoms with Crippen molar-refractivity contribution in [3.8, 4) is 6.07 Å². The second-order valence-electron chi connectivity index (χ2n) is 11.2. The molecule has 3 amide bonds. The Morgan fingerprint density at radius 2 is 1.86 bits per heavy atom. The Morgan fingerprint density at radius 3 is 2.60 bits per heavy atom. The molecule has 0 N–H and O–H groups in total. The Morgan fingerprint density at radius 1 is 1.07 bits per heavy atom. The van der Waals surface area contributed by atoms with Crippen molar-refractivity contribution < 1.29 is 27.6 Å². The average Bonchev–Trinajstić information content (AvgIpc) is 3.01. The van der Waals surface area contributed by atoms with Gasteiger partial charge >= 0.3 is 12.2 Å². The molecule has 0 spiro atoms. The summed E-state index contributed by atoms with van der Waals surface area (Å²) in [5.41, 5.74) is 0.597. The number of carbonyl (C=O) groups excluding carboxylic acids is 3. The van der Waals surface area contributed by atoms with Gasteiger partial charge in [-0.15, -0.1) is 0 Å². The number of rotatable bonds is 4. The van der Waals surface area contributed by atoms with E-state index in [4.69, 9.17) is 0 Å². The number of halogens is 3. The minimum absolute atomic E-state index is 0.0230. The zero-order chi connectivity index (χ0) is 30.3. The predicted molar refractivity (Wildman–Crippen MR) is 152 cm³/mol. The molecule has 220 valence electrons. The standard InChI is InChI=1S/C32H28F3N5O3/c33-32(34,35)24-3-1-4-25(15-24)40-26-5-2-6-27(41)29(26)30(21-9-7-20(16-36)8-10-21)39(31(40)43)19-28(42)38-14-12-22-17-37-13-11-23(22)18-38/h1,3-4,7-11,13,15,17,22-23,30H,2,5-6,12,14,18-19H2. The zero-order valence-electron chi connectivity index (χ0n) is 23.1. The maximum Gasteiger partial charge on any atom is 0.416 e. The van der Waals surface area contributed by atoms with E-state index in [1.54, 1.807) is 35.4 Å². The summed E-state index contributed by atoms with van der Waals surface area (Å²) >= 11 is 0. The number of amides is 3. The van der Waals surface area contributed by atoms with Crippen molar-refractivity contribution in [1.29, 1.82) is 5.26 Å². The van der Waals surface area contributed by atoms with Crippen molar-refractivity contribution in [3.05, 3.63) is 88.8 Å². The van der Waals surface area contributed by atoms with Gasteiger partial charge in [0.15, 0.2) is 5.78 Å². The first-order valence-electron chi connectivity index (χ1n) is 14.2. The van der Waals surface area contributed by atoms with Crippen LogP contribution < -0.4 is 4.90 Å². The Hall–Kier alpha value is -4.72. The molecule has 0 saturated carbocycles. The van der Waals surface area contributed by atoms with Gasteiger partial charge in [-0.1, -0.05) is 24.3 Å². The van der Waals surface area contributed by atoms with Crippen LogP contribution in [-0.4, -0.2) is 53.4 Å². The Labute approximate surface area is 246 Å². The molecular weight excluding hydrogens is 559 g/mol. The molecule has 4 aliphatic rings. The van der Waals surface area contributed by atoms with Crippen LogP contribution in [0.2, 0.25) is 0 Å². The van der Waals surface area contributed by atoms with Crippen molar-refractivity contribution >= 4 is 29.6 Å². The van der Waals surface area contributed by atoms with E-state index in [0.717, 1.165) is 12.1 Å². The van der Waals surface area contributed by atoms with Crippen LogP contribution in [0.1, 0.15) is 48.4 Å². The molecule has 0 radical (unpaired) electrons. The lowest BCUT2D eigenvalue weighted by Gasteiger charge is -2.46. The van der Waals surface area contributed by atoms with Crippen molar-refractivity contribution in [2.75, 3.05) is 24.5 Å². The number of hydrogen-bond donors (Lipinski definition) is 0. The number of piperidine rings is 1. The first-order chi connectivity index (χ1) is 20.7. The van der Waals surface area contributed by atoms with Crippen molar-refractivity contribution in [2.24, 2.45) is 16.8 Å². The lowest BCUT2D eigenvalue weighted by atomic mass is 9.83. The van der Waals surface area contributed by atoms with Crippen LogP contribution >= 0.6 is 0 Å². The Bertz CT molecular complexity index is 1610. The number of fused-ring (bicyclic) bond motifs is 1. The number of nitrogens with zero attached hydrogens (tertiary/aromatic N) is 5. The quantitative estimate of drug-likeness (QED) is 0.463. The van der Waals surface area contributed by atoms with Crippen LogP contribution in [0, 0.1) is 23.2 Å². The van der Waals surface area contributed by atoms with E-state index in [0.29, 0.717) is 49.2 Å². The monoisotopic (exact) mass is 587 g/mol. The highest BCUT2D eigenvalue weighted by atomic mass is 19.4. The summed E-state index contributed by atoms with van der Waals surface area (Å²) in [7, 11) is 0. The number of aliphatic imine (C=N–C) groups is 1. The molecule has 0 aromatic heterocycles. The average molecular weight is 588 g/mol. The predicted octanol–water partition coefficient (Wildman–Crippen LogP) is 5.63. The third-order valence-electron chi connectivity index (χ3n) is 8.58. The van der Waals surface area contributed by atoms with E-state index in [9.17, 15) is 32.8 Å². The molecule has 3 unspecified atom stereocenters. The van der Waals surface area contributed by atoms with Gasteiger partial charge in [0.25, 0.3) is 0 Å². The van der Waals surface area contributed by atoms with Crippen LogP contribution in [-0.2, 0) is 15.8 Å². The van der Waals surface area contributed by atoms with E-state index in [2.05, 4.69) is 11.1 Å². The number of allylic oxidation sites excluding steroid dienone is 1. The van der Waals surface area contributed by atoms with Gasteiger partial charge in [-0.2, -0.15) is 18.4 Å². The first kappa shape index (κ1) is 28.4. The van der Waals surface area contributed by atoms with Crippen LogP contribution in [0.3, 0.4) is 0 Å². The molecule has 1 saturated heterocycles. The van der Waals surface area contributed by atoms with E-state index >= 15 is 0 Å². The maximum absolute atomic E-state index is 14.4. The second-order valence-corrected chi connectivity index (χ2v) is 11.2. The van der Waals surface area contributed by atoms with Gasteiger partial charge in [0, 0.05) is 55.0 Å². The highest BCUT2D eigenvalue weighted by molar-refractivity contribution is 6.07. The molecule has 0 bridgehead atoms. The molecule has 2 aromatic carbocycles. The van der Waals surface area contributed by atoms with Crippen LogP contribution in [0.5, 0.6) is 0 Å². The Balaban J connectivity index is 1.43. The molecule has 3 heterocycles. The summed E-state index contributed by atoms with van der Waals surface area (Å²) in [6.07, 6.45) is 2.58. The fraction of sp³-hybridized carbons (Fsp3) is 0.344. The zero-order valence-corrected chi connectivity index (χ0v) is 23.1. The third kappa shape index (κ3) is 5.33. The molecular formula is C32H28F3N5O3. The summed E-state index contributed by atoms with van der Waals surface area (Å²) in [4.78, 5) is 50.1. The fourth-order valence-electron chi connectivity index (χ4n) is 6.41. The molecule has 8 nitrogen and oxygen atoms in total. The number of urea groups is 1. The largest absolute Gasteiger partial charge is 0.416 e. The lowest BCUT2D eigenvalue weighted by molar-refractivity contribution is -0.137. The molecule has 1 aliphatic carbocycles. The van der Waals surface area contributed by atoms with E-state index < -0.39 is 23.8 Å². The lowest BCUT2D eigenvalue weighted by Crippen LogP contribution is -2.56.